The van der Waals surface area contributed by atoms with Gasteiger partial charge in [0.2, 0.25) is 0 Å². The van der Waals surface area contributed by atoms with Crippen LogP contribution in [0.3, 0.4) is 0 Å². The van der Waals surface area contributed by atoms with Crippen molar-refractivity contribution in [3.05, 3.63) is 70.2 Å². The number of alkyl halides is 3. The van der Waals surface area contributed by atoms with Gasteiger partial charge in [-0.2, -0.15) is 13.2 Å². The molecule has 1 amide bonds. The lowest BCUT2D eigenvalue weighted by Gasteiger charge is -2.18. The predicted octanol–water partition coefficient (Wildman–Crippen LogP) is 3.82. The van der Waals surface area contributed by atoms with E-state index in [0.717, 1.165) is 6.07 Å². The summed E-state index contributed by atoms with van der Waals surface area (Å²) in [5, 5.41) is 12.6. The number of carbonyl (C=O) groups is 1. The van der Waals surface area contributed by atoms with Crippen LogP contribution in [0, 0.1) is 0 Å². The van der Waals surface area contributed by atoms with Gasteiger partial charge in [0.25, 0.3) is 5.91 Å². The number of carbonyl (C=O) groups excluding carboxylic acids is 1. The second-order valence-corrected chi connectivity index (χ2v) is 5.20. The zero-order chi connectivity index (χ0) is 17.0. The molecule has 0 aliphatic rings. The molecule has 2 N–H and O–H groups in total. The monoisotopic (exact) mass is 343 g/mol. The van der Waals surface area contributed by atoms with E-state index in [4.69, 9.17) is 11.6 Å². The maximum absolute atomic E-state index is 12.9. The highest BCUT2D eigenvalue weighted by Crippen LogP contribution is 2.34. The Morgan fingerprint density at radius 1 is 1.13 bits per heavy atom. The molecule has 122 valence electrons. The van der Waals surface area contributed by atoms with Gasteiger partial charge in [-0.25, -0.2) is 0 Å². The van der Waals surface area contributed by atoms with Crippen molar-refractivity contribution in [2.75, 3.05) is 6.54 Å². The molecule has 3 nitrogen and oxygen atoms in total. The van der Waals surface area contributed by atoms with Crippen LogP contribution in [-0.4, -0.2) is 17.6 Å². The number of halogens is 4. The topological polar surface area (TPSA) is 49.3 Å². The summed E-state index contributed by atoms with van der Waals surface area (Å²) in [5.74, 6) is -0.570. The molecule has 1 unspecified atom stereocenters. The van der Waals surface area contributed by atoms with E-state index in [1.165, 1.54) is 30.3 Å². The lowest BCUT2D eigenvalue weighted by molar-refractivity contribution is -0.139. The quantitative estimate of drug-likeness (QED) is 0.886. The summed E-state index contributed by atoms with van der Waals surface area (Å²) in [6.07, 6.45) is -6.07. The first-order chi connectivity index (χ1) is 10.8. The summed E-state index contributed by atoms with van der Waals surface area (Å²) in [6.45, 7) is -0.364. The van der Waals surface area contributed by atoms with Crippen molar-refractivity contribution in [3.8, 4) is 0 Å². The molecule has 0 heterocycles. The molecule has 2 aromatic rings. The first kappa shape index (κ1) is 17.3. The molecule has 0 bridgehead atoms. The van der Waals surface area contributed by atoms with Gasteiger partial charge in [0, 0.05) is 6.54 Å². The number of amides is 1. The minimum Gasteiger partial charge on any atom is -0.387 e. The first-order valence-corrected chi connectivity index (χ1v) is 7.05. The van der Waals surface area contributed by atoms with Crippen molar-refractivity contribution in [2.24, 2.45) is 0 Å². The molecule has 0 radical (unpaired) electrons. The lowest BCUT2D eigenvalue weighted by atomic mass is 10.0. The van der Waals surface area contributed by atoms with E-state index in [0.29, 0.717) is 0 Å². The van der Waals surface area contributed by atoms with Gasteiger partial charge in [0.15, 0.2) is 0 Å². The summed E-state index contributed by atoms with van der Waals surface area (Å²) < 4.78 is 38.7. The van der Waals surface area contributed by atoms with Gasteiger partial charge < -0.3 is 10.4 Å². The van der Waals surface area contributed by atoms with Crippen molar-refractivity contribution < 1.29 is 23.1 Å². The van der Waals surface area contributed by atoms with Gasteiger partial charge >= 0.3 is 6.18 Å². The first-order valence-electron chi connectivity index (χ1n) is 6.67. The molecule has 2 aromatic carbocycles. The van der Waals surface area contributed by atoms with E-state index < -0.39 is 23.8 Å². The molecule has 0 spiro atoms. The van der Waals surface area contributed by atoms with E-state index in [2.05, 4.69) is 5.32 Å². The zero-order valence-electron chi connectivity index (χ0n) is 11.8. The zero-order valence-corrected chi connectivity index (χ0v) is 12.5. The summed E-state index contributed by atoms with van der Waals surface area (Å²) >= 11 is 5.86. The number of hydrogen-bond donors (Lipinski definition) is 2. The smallest absolute Gasteiger partial charge is 0.387 e. The van der Waals surface area contributed by atoms with Crippen molar-refractivity contribution in [3.63, 3.8) is 0 Å². The summed E-state index contributed by atoms with van der Waals surface area (Å²) in [5.41, 5.74) is -1.04. The third kappa shape index (κ3) is 4.24. The van der Waals surface area contributed by atoms with Crippen LogP contribution in [0.4, 0.5) is 13.2 Å². The molecule has 7 heteroatoms. The Bertz CT molecular complexity index is 704. The molecule has 0 aliphatic heterocycles. The van der Waals surface area contributed by atoms with Crippen LogP contribution in [-0.2, 0) is 6.18 Å². The van der Waals surface area contributed by atoms with Gasteiger partial charge in [-0.1, -0.05) is 41.9 Å². The van der Waals surface area contributed by atoms with Crippen molar-refractivity contribution in [2.45, 2.75) is 12.3 Å². The fraction of sp³-hybridized carbons (Fsp3) is 0.188. The Morgan fingerprint density at radius 2 is 1.74 bits per heavy atom. The van der Waals surface area contributed by atoms with Gasteiger partial charge in [0.1, 0.15) is 0 Å². The molecule has 0 fully saturated rings. The molecule has 1 atom stereocenters. The molecular formula is C16H13ClF3NO2. The van der Waals surface area contributed by atoms with Crippen LogP contribution in [0.2, 0.25) is 5.02 Å². The molecule has 2 rings (SSSR count). The fourth-order valence-electron chi connectivity index (χ4n) is 2.09. The van der Waals surface area contributed by atoms with Crippen LogP contribution in [0.5, 0.6) is 0 Å². The van der Waals surface area contributed by atoms with Gasteiger partial charge in [0.05, 0.1) is 22.3 Å². The van der Waals surface area contributed by atoms with E-state index in [9.17, 15) is 23.1 Å². The highest BCUT2D eigenvalue weighted by molar-refractivity contribution is 6.33. The average molecular weight is 344 g/mol. The third-order valence-electron chi connectivity index (χ3n) is 3.20. The van der Waals surface area contributed by atoms with Crippen LogP contribution in [0.15, 0.2) is 48.5 Å². The summed E-state index contributed by atoms with van der Waals surface area (Å²) in [6, 6.07) is 10.9. The van der Waals surface area contributed by atoms with Crippen LogP contribution < -0.4 is 5.32 Å². The Labute approximate surface area is 135 Å². The number of aliphatic hydroxyl groups excluding tert-OH is 1. The van der Waals surface area contributed by atoms with E-state index in [-0.39, 0.29) is 22.7 Å². The van der Waals surface area contributed by atoms with Crippen molar-refractivity contribution in [1.82, 2.24) is 5.32 Å². The van der Waals surface area contributed by atoms with E-state index >= 15 is 0 Å². The Hall–Kier alpha value is -2.05. The van der Waals surface area contributed by atoms with E-state index in [1.54, 1.807) is 12.1 Å². The molecule has 23 heavy (non-hydrogen) atoms. The molecule has 0 saturated heterocycles. The average Bonchev–Trinajstić information content (AvgIpc) is 2.52. The number of hydrogen-bond acceptors (Lipinski definition) is 2. The standard InChI is InChI=1S/C16H13ClF3NO2/c17-13-8-4-2-6-11(13)15(23)21-9-14(22)10-5-1-3-7-12(10)16(18,19)20/h1-8,14,22H,9H2,(H,21,23). The Balaban J connectivity index is 2.11. The normalized spacial score (nSPS) is 12.7. The van der Waals surface area contributed by atoms with Crippen molar-refractivity contribution in [1.29, 1.82) is 0 Å². The molecular weight excluding hydrogens is 331 g/mol. The third-order valence-corrected chi connectivity index (χ3v) is 3.53. The van der Waals surface area contributed by atoms with Crippen molar-refractivity contribution >= 4 is 17.5 Å². The lowest BCUT2D eigenvalue weighted by Crippen LogP contribution is -2.29. The minimum absolute atomic E-state index is 0.186. The van der Waals surface area contributed by atoms with Crippen LogP contribution in [0.25, 0.3) is 0 Å². The van der Waals surface area contributed by atoms with Gasteiger partial charge in [-0.05, 0) is 23.8 Å². The molecule has 0 aromatic heterocycles. The van der Waals surface area contributed by atoms with E-state index in [1.807, 2.05) is 0 Å². The van der Waals surface area contributed by atoms with Crippen LogP contribution in [0.1, 0.15) is 27.6 Å². The van der Waals surface area contributed by atoms with Gasteiger partial charge in [-0.3, -0.25) is 4.79 Å². The molecule has 0 aliphatic carbocycles. The number of benzene rings is 2. The Kier molecular flexibility index (Phi) is 5.28. The maximum atomic E-state index is 12.9. The fourth-order valence-corrected chi connectivity index (χ4v) is 2.31. The maximum Gasteiger partial charge on any atom is 0.416 e. The number of rotatable bonds is 4. The second kappa shape index (κ2) is 7.02. The highest BCUT2D eigenvalue weighted by atomic mass is 35.5. The summed E-state index contributed by atoms with van der Waals surface area (Å²) in [7, 11) is 0. The predicted molar refractivity (Wildman–Crippen MR) is 80.2 cm³/mol. The minimum atomic E-state index is -4.58. The second-order valence-electron chi connectivity index (χ2n) is 4.79. The largest absolute Gasteiger partial charge is 0.416 e. The Morgan fingerprint density at radius 3 is 2.39 bits per heavy atom. The van der Waals surface area contributed by atoms with Gasteiger partial charge in [-0.15, -0.1) is 0 Å². The number of aliphatic hydroxyl groups is 1. The number of nitrogens with one attached hydrogen (secondary N) is 1. The van der Waals surface area contributed by atoms with Crippen LogP contribution >= 0.6 is 11.6 Å². The summed E-state index contributed by atoms with van der Waals surface area (Å²) in [4.78, 5) is 12.0. The SMILES string of the molecule is O=C(NCC(O)c1ccccc1C(F)(F)F)c1ccccc1Cl. The highest BCUT2D eigenvalue weighted by Gasteiger charge is 2.34. The molecule has 0 saturated carbocycles.